The predicted octanol–water partition coefficient (Wildman–Crippen LogP) is 0.0896. The van der Waals surface area contributed by atoms with Crippen LogP contribution in [0.15, 0.2) is 5.10 Å². The molecule has 2 N–H and O–H groups in total. The van der Waals surface area contributed by atoms with Crippen LogP contribution in [0, 0.1) is 0 Å². The molecule has 0 rings (SSSR count). The van der Waals surface area contributed by atoms with E-state index in [4.69, 9.17) is 14.6 Å². The normalized spacial score (nSPS) is 11.5. The smallest absolute Gasteiger partial charge is 0.351 e. The highest BCUT2D eigenvalue weighted by molar-refractivity contribution is 6.34. The van der Waals surface area contributed by atoms with Crippen molar-refractivity contribution in [2.75, 3.05) is 33.0 Å². The number of carboxylic acid groups (broad SMARTS) is 1. The number of rotatable bonds is 9. The number of carbonyl (C=O) groups is 1. The Labute approximate surface area is 89.3 Å². The number of nitrogens with zero attached hydrogens (tertiary/aromatic N) is 1. The van der Waals surface area contributed by atoms with Crippen molar-refractivity contribution < 1.29 is 19.4 Å². The lowest BCUT2D eigenvalue weighted by Gasteiger charge is -2.04. The van der Waals surface area contributed by atoms with E-state index in [-0.39, 0.29) is 5.71 Å². The number of aliphatic carboxylic acids is 1. The third kappa shape index (κ3) is 9.17. The summed E-state index contributed by atoms with van der Waals surface area (Å²) in [7, 11) is 0. The van der Waals surface area contributed by atoms with Crippen molar-refractivity contribution in [2.24, 2.45) is 5.10 Å². The van der Waals surface area contributed by atoms with E-state index < -0.39 is 5.97 Å². The lowest BCUT2D eigenvalue weighted by molar-refractivity contribution is -0.129. The Hall–Kier alpha value is -1.14. The first-order valence-corrected chi connectivity index (χ1v) is 4.84. The van der Waals surface area contributed by atoms with Gasteiger partial charge in [0, 0.05) is 6.61 Å². The number of nitrogens with one attached hydrogen (secondary N) is 1. The standard InChI is InChI=1S/C9H18N2O4/c1-3-14-6-7-15-5-4-10-11-8(2)9(12)13/h10H,3-7H2,1-2H3,(H,12,13)/b11-8-. The van der Waals surface area contributed by atoms with Crippen LogP contribution in [0.5, 0.6) is 0 Å². The second-order valence-electron chi connectivity index (χ2n) is 2.72. The minimum Gasteiger partial charge on any atom is -0.477 e. The van der Waals surface area contributed by atoms with Crippen molar-refractivity contribution in [1.29, 1.82) is 0 Å². The van der Waals surface area contributed by atoms with Crippen LogP contribution in [0.2, 0.25) is 0 Å². The van der Waals surface area contributed by atoms with Gasteiger partial charge in [0.05, 0.1) is 26.4 Å². The van der Waals surface area contributed by atoms with E-state index in [9.17, 15) is 4.79 Å². The van der Waals surface area contributed by atoms with Gasteiger partial charge in [-0.1, -0.05) is 0 Å². The van der Waals surface area contributed by atoms with Crippen LogP contribution in [0.4, 0.5) is 0 Å². The van der Waals surface area contributed by atoms with Crippen molar-refractivity contribution in [3.05, 3.63) is 0 Å². The molecule has 0 fully saturated rings. The van der Waals surface area contributed by atoms with Crippen molar-refractivity contribution >= 4 is 11.7 Å². The van der Waals surface area contributed by atoms with Gasteiger partial charge in [-0.2, -0.15) is 5.10 Å². The minimum atomic E-state index is -1.03. The zero-order valence-corrected chi connectivity index (χ0v) is 9.15. The molecule has 0 aromatic carbocycles. The zero-order chi connectivity index (χ0) is 11.5. The Morgan fingerprint density at radius 2 is 2.00 bits per heavy atom. The summed E-state index contributed by atoms with van der Waals surface area (Å²) in [6, 6.07) is 0. The highest BCUT2D eigenvalue weighted by atomic mass is 16.5. The first-order valence-electron chi connectivity index (χ1n) is 4.84. The molecule has 6 heteroatoms. The largest absolute Gasteiger partial charge is 0.477 e. The van der Waals surface area contributed by atoms with Crippen LogP contribution in [-0.4, -0.2) is 49.8 Å². The number of hydrogen-bond donors (Lipinski definition) is 2. The van der Waals surface area contributed by atoms with Gasteiger partial charge in [0.15, 0.2) is 0 Å². The van der Waals surface area contributed by atoms with Gasteiger partial charge >= 0.3 is 5.97 Å². The van der Waals surface area contributed by atoms with Gasteiger partial charge in [-0.15, -0.1) is 0 Å². The average molecular weight is 218 g/mol. The Morgan fingerprint density at radius 1 is 1.33 bits per heavy atom. The molecule has 0 heterocycles. The zero-order valence-electron chi connectivity index (χ0n) is 9.15. The van der Waals surface area contributed by atoms with Gasteiger partial charge in [0.1, 0.15) is 5.71 Å². The van der Waals surface area contributed by atoms with E-state index in [0.717, 1.165) is 0 Å². The SMILES string of the molecule is CCOCCOCCN/N=C(/C)C(=O)O. The predicted molar refractivity (Wildman–Crippen MR) is 56.1 cm³/mol. The molecule has 0 aliphatic rings. The molecule has 0 saturated carbocycles. The number of hydrogen-bond acceptors (Lipinski definition) is 5. The van der Waals surface area contributed by atoms with Crippen LogP contribution >= 0.6 is 0 Å². The summed E-state index contributed by atoms with van der Waals surface area (Å²) in [5.74, 6) is -1.03. The summed E-state index contributed by atoms with van der Waals surface area (Å²) in [5.41, 5.74) is 2.63. The molecule has 0 bridgehead atoms. The van der Waals surface area contributed by atoms with Crippen LogP contribution in [-0.2, 0) is 14.3 Å². The summed E-state index contributed by atoms with van der Waals surface area (Å²) >= 11 is 0. The van der Waals surface area contributed by atoms with Crippen LogP contribution < -0.4 is 5.43 Å². The summed E-state index contributed by atoms with van der Waals surface area (Å²) in [5, 5.41) is 12.1. The van der Waals surface area contributed by atoms with Gasteiger partial charge < -0.3 is 20.0 Å². The topological polar surface area (TPSA) is 80.2 Å². The van der Waals surface area contributed by atoms with E-state index >= 15 is 0 Å². The third-order valence-corrected chi connectivity index (χ3v) is 1.49. The molecule has 0 aliphatic carbocycles. The molecule has 0 aliphatic heterocycles. The fourth-order valence-electron chi connectivity index (χ4n) is 0.704. The number of ether oxygens (including phenoxy) is 2. The molecule has 0 saturated heterocycles. The maximum atomic E-state index is 10.3. The fourth-order valence-corrected chi connectivity index (χ4v) is 0.704. The van der Waals surface area contributed by atoms with Gasteiger partial charge in [-0.05, 0) is 13.8 Å². The molecule has 15 heavy (non-hydrogen) atoms. The van der Waals surface area contributed by atoms with E-state index in [2.05, 4.69) is 10.5 Å². The van der Waals surface area contributed by atoms with Crippen LogP contribution in [0.1, 0.15) is 13.8 Å². The summed E-state index contributed by atoms with van der Waals surface area (Å²) < 4.78 is 10.2. The molecule has 0 spiro atoms. The monoisotopic (exact) mass is 218 g/mol. The van der Waals surface area contributed by atoms with Gasteiger partial charge in [0.2, 0.25) is 0 Å². The Morgan fingerprint density at radius 3 is 2.60 bits per heavy atom. The second kappa shape index (κ2) is 9.42. The Bertz CT molecular complexity index is 206. The minimum absolute atomic E-state index is 0.0318. The summed E-state index contributed by atoms with van der Waals surface area (Å²) in [6.45, 7) is 6.10. The molecular weight excluding hydrogens is 200 g/mol. The first kappa shape index (κ1) is 13.9. The van der Waals surface area contributed by atoms with E-state index in [1.54, 1.807) is 0 Å². The summed E-state index contributed by atoms with van der Waals surface area (Å²) in [6.07, 6.45) is 0. The third-order valence-electron chi connectivity index (χ3n) is 1.49. The second-order valence-corrected chi connectivity index (χ2v) is 2.72. The maximum Gasteiger partial charge on any atom is 0.351 e. The van der Waals surface area contributed by atoms with Crippen molar-refractivity contribution in [3.8, 4) is 0 Å². The van der Waals surface area contributed by atoms with Crippen LogP contribution in [0.3, 0.4) is 0 Å². The lowest BCUT2D eigenvalue weighted by Crippen LogP contribution is -2.19. The van der Waals surface area contributed by atoms with Crippen molar-refractivity contribution in [2.45, 2.75) is 13.8 Å². The van der Waals surface area contributed by atoms with Gasteiger partial charge in [-0.3, -0.25) is 0 Å². The first-order chi connectivity index (χ1) is 7.18. The van der Waals surface area contributed by atoms with Gasteiger partial charge in [-0.25, -0.2) is 4.79 Å². The summed E-state index contributed by atoms with van der Waals surface area (Å²) in [4.78, 5) is 10.3. The molecule has 0 aromatic rings. The molecule has 0 radical (unpaired) electrons. The maximum absolute atomic E-state index is 10.3. The average Bonchev–Trinajstić information content (AvgIpc) is 2.21. The Kier molecular flexibility index (Phi) is 8.70. The van der Waals surface area contributed by atoms with E-state index in [1.165, 1.54) is 6.92 Å². The van der Waals surface area contributed by atoms with Crippen molar-refractivity contribution in [3.63, 3.8) is 0 Å². The van der Waals surface area contributed by atoms with E-state index in [1.807, 2.05) is 6.92 Å². The molecule has 88 valence electrons. The molecule has 6 nitrogen and oxygen atoms in total. The quantitative estimate of drug-likeness (QED) is 0.326. The highest BCUT2D eigenvalue weighted by Crippen LogP contribution is 1.78. The molecule has 0 atom stereocenters. The van der Waals surface area contributed by atoms with E-state index in [0.29, 0.717) is 33.0 Å². The molecule has 0 amide bonds. The molecular formula is C9H18N2O4. The number of hydrazone groups is 1. The Balaban J connectivity index is 3.25. The molecule has 0 unspecified atom stereocenters. The van der Waals surface area contributed by atoms with Crippen LogP contribution in [0.25, 0.3) is 0 Å². The lowest BCUT2D eigenvalue weighted by atomic mass is 10.4. The van der Waals surface area contributed by atoms with Gasteiger partial charge in [0.25, 0.3) is 0 Å². The number of carboxylic acids is 1. The fraction of sp³-hybridized carbons (Fsp3) is 0.778. The molecule has 0 aromatic heterocycles. The van der Waals surface area contributed by atoms with Crippen molar-refractivity contribution in [1.82, 2.24) is 5.43 Å². The highest BCUT2D eigenvalue weighted by Gasteiger charge is 1.99.